The van der Waals surface area contributed by atoms with Gasteiger partial charge in [-0.25, -0.2) is 0 Å². The molecular formula is C60H36N2O4S3. The minimum atomic E-state index is 0.629. The smallest absolute Gasteiger partial charge is 0.172 e. The molecule has 0 bridgehead atoms. The number of benzene rings is 10. The van der Waals surface area contributed by atoms with Crippen molar-refractivity contribution in [3.05, 3.63) is 218 Å². The molecular weight excluding hydrogens is 909 g/mol. The van der Waals surface area contributed by atoms with Crippen molar-refractivity contribution < 1.29 is 18.9 Å². The minimum Gasteiger partial charge on any atom is -0.450 e. The van der Waals surface area contributed by atoms with Crippen molar-refractivity contribution in [2.45, 2.75) is 19.6 Å². The van der Waals surface area contributed by atoms with Crippen LogP contribution in [0.1, 0.15) is 0 Å². The second-order valence-electron chi connectivity index (χ2n) is 16.8. The molecule has 0 radical (unpaired) electrons. The van der Waals surface area contributed by atoms with Gasteiger partial charge in [-0.05, 0) is 120 Å². The Hall–Kier alpha value is -8.08. The zero-order chi connectivity index (χ0) is 45.4. The maximum absolute atomic E-state index is 6.48. The van der Waals surface area contributed by atoms with Gasteiger partial charge in [-0.15, -0.1) is 11.3 Å². The van der Waals surface area contributed by atoms with E-state index >= 15 is 0 Å². The van der Waals surface area contributed by atoms with E-state index in [1.807, 2.05) is 108 Å². The van der Waals surface area contributed by atoms with Crippen LogP contribution < -0.4 is 28.7 Å². The van der Waals surface area contributed by atoms with Crippen LogP contribution in [-0.2, 0) is 0 Å². The van der Waals surface area contributed by atoms with Crippen LogP contribution in [0, 0.1) is 0 Å². The van der Waals surface area contributed by atoms with Crippen LogP contribution in [0.25, 0.3) is 31.3 Å². The van der Waals surface area contributed by atoms with Gasteiger partial charge in [0.25, 0.3) is 0 Å². The summed E-state index contributed by atoms with van der Waals surface area (Å²) in [6.07, 6.45) is 0. The number of hydrogen-bond donors (Lipinski definition) is 0. The summed E-state index contributed by atoms with van der Waals surface area (Å²) in [5.74, 6) is 5.28. The molecule has 69 heavy (non-hydrogen) atoms. The second kappa shape index (κ2) is 16.3. The summed E-state index contributed by atoms with van der Waals surface area (Å²) < 4.78 is 28.0. The molecule has 0 amide bonds. The zero-order valence-electron chi connectivity index (χ0n) is 36.5. The van der Waals surface area contributed by atoms with Crippen LogP contribution in [0.15, 0.2) is 238 Å². The van der Waals surface area contributed by atoms with Crippen molar-refractivity contribution >= 4 is 89.2 Å². The van der Waals surface area contributed by atoms with Crippen molar-refractivity contribution in [3.8, 4) is 57.1 Å². The highest BCUT2D eigenvalue weighted by Crippen LogP contribution is 2.57. The fraction of sp³-hybridized carbons (Fsp3) is 0. The number of anilines is 6. The Labute approximate surface area is 410 Å². The normalized spacial score (nSPS) is 12.7. The van der Waals surface area contributed by atoms with Crippen LogP contribution in [0.5, 0.6) is 46.0 Å². The number of para-hydroxylation sites is 5. The Morgan fingerprint density at radius 3 is 1.57 bits per heavy atom. The minimum absolute atomic E-state index is 0.629. The van der Waals surface area contributed by atoms with Gasteiger partial charge in [0.2, 0.25) is 0 Å². The SMILES string of the molecule is c1ccc(N(c2cccc3c2Sc2ccccc2S3)c2ccc(-c3cccc(N(c4ccc5c(c4)Oc4ccccc4O5)c4ccc5c(c4)Oc4ccccc4O5)c3)c3c2sc2ccccc23)cc1. The van der Waals surface area contributed by atoms with E-state index in [9.17, 15) is 0 Å². The number of rotatable bonds is 7. The van der Waals surface area contributed by atoms with Crippen LogP contribution in [0.4, 0.5) is 34.1 Å². The van der Waals surface area contributed by atoms with Gasteiger partial charge in [-0.2, -0.15) is 0 Å². The molecule has 4 heterocycles. The Kier molecular flexibility index (Phi) is 9.46. The summed E-state index contributed by atoms with van der Waals surface area (Å²) >= 11 is 5.54. The lowest BCUT2D eigenvalue weighted by atomic mass is 9.97. The van der Waals surface area contributed by atoms with E-state index in [1.165, 1.54) is 39.8 Å². The fourth-order valence-corrected chi connectivity index (χ4v) is 13.1. The van der Waals surface area contributed by atoms with Gasteiger partial charge < -0.3 is 28.7 Å². The zero-order valence-corrected chi connectivity index (χ0v) is 39.0. The van der Waals surface area contributed by atoms with Crippen LogP contribution >= 0.6 is 34.9 Å². The lowest BCUT2D eigenvalue weighted by Gasteiger charge is -2.31. The third-order valence-electron chi connectivity index (χ3n) is 12.6. The molecule has 6 nitrogen and oxygen atoms in total. The average molecular weight is 945 g/mol. The molecule has 0 fully saturated rings. The molecule has 0 unspecified atom stereocenters. The highest BCUT2D eigenvalue weighted by atomic mass is 32.2. The van der Waals surface area contributed by atoms with Gasteiger partial charge >= 0.3 is 0 Å². The fourth-order valence-electron chi connectivity index (χ4n) is 9.50. The van der Waals surface area contributed by atoms with E-state index in [0.717, 1.165) is 45.3 Å². The second-order valence-corrected chi connectivity index (χ2v) is 20.0. The number of hydrogen-bond acceptors (Lipinski definition) is 9. The molecule has 0 N–H and O–H groups in total. The standard InChI is InChI=1S/C60H36N2O4S3/c1-2-15-38(16-3-1)62(44-19-13-27-57-59(44)69-56-26-11-10-25-55(56)67-57)45-31-30-42(58-43-18-4-9-24-54(43)68-60(45)58)37-14-12-17-39(34-37)61(40-28-32-50-52(35-40)65-48-22-7-5-20-46(48)63-50)41-29-33-51-53(36-41)66-49-23-8-6-21-47(49)64-51/h1-36H. The molecule has 3 aliphatic rings. The van der Waals surface area contributed by atoms with E-state index in [-0.39, 0.29) is 0 Å². The van der Waals surface area contributed by atoms with Crippen molar-refractivity contribution in [2.24, 2.45) is 0 Å². The predicted octanol–water partition coefficient (Wildman–Crippen LogP) is 19.1. The maximum atomic E-state index is 6.48. The summed E-state index contributed by atoms with van der Waals surface area (Å²) in [7, 11) is 0. The van der Waals surface area contributed by atoms with Crippen LogP contribution in [0.3, 0.4) is 0 Å². The van der Waals surface area contributed by atoms with Crippen molar-refractivity contribution in [1.29, 1.82) is 0 Å². The molecule has 3 aliphatic heterocycles. The molecule has 0 saturated heterocycles. The molecule has 0 spiro atoms. The predicted molar refractivity (Wildman–Crippen MR) is 282 cm³/mol. The molecule has 0 saturated carbocycles. The Morgan fingerprint density at radius 1 is 0.333 bits per heavy atom. The topological polar surface area (TPSA) is 43.4 Å². The van der Waals surface area contributed by atoms with E-state index in [4.69, 9.17) is 18.9 Å². The highest BCUT2D eigenvalue weighted by molar-refractivity contribution is 8.05. The lowest BCUT2D eigenvalue weighted by Crippen LogP contribution is -2.12. The third kappa shape index (κ3) is 6.88. The molecule has 14 rings (SSSR count). The summed E-state index contributed by atoms with van der Waals surface area (Å²) in [6, 6.07) is 76.1. The first-order valence-corrected chi connectivity index (χ1v) is 25.1. The summed E-state index contributed by atoms with van der Waals surface area (Å²) in [5, 5.41) is 2.43. The molecule has 0 atom stereocenters. The van der Waals surface area contributed by atoms with E-state index in [0.29, 0.717) is 46.0 Å². The van der Waals surface area contributed by atoms with Gasteiger partial charge in [0.1, 0.15) is 0 Å². The van der Waals surface area contributed by atoms with E-state index in [2.05, 4.69) is 155 Å². The number of ether oxygens (including phenoxy) is 4. The molecule has 328 valence electrons. The Bertz CT molecular complexity index is 3760. The van der Waals surface area contributed by atoms with Gasteiger partial charge in [0.15, 0.2) is 46.0 Å². The molecule has 10 aromatic carbocycles. The molecule has 0 aliphatic carbocycles. The third-order valence-corrected chi connectivity index (χ3v) is 16.4. The largest absolute Gasteiger partial charge is 0.450 e. The molecule has 1 aromatic heterocycles. The molecule has 9 heteroatoms. The number of fused-ring (bicyclic) bond motifs is 9. The van der Waals surface area contributed by atoms with Gasteiger partial charge in [0.05, 0.1) is 32.3 Å². The van der Waals surface area contributed by atoms with Crippen molar-refractivity contribution in [3.63, 3.8) is 0 Å². The summed E-state index contributed by atoms with van der Waals surface area (Å²) in [5.41, 5.74) is 8.34. The first-order valence-electron chi connectivity index (χ1n) is 22.6. The Balaban J connectivity index is 0.930. The number of thiophene rings is 1. The first-order chi connectivity index (χ1) is 34.2. The van der Waals surface area contributed by atoms with Gasteiger partial charge in [-0.1, -0.05) is 121 Å². The maximum Gasteiger partial charge on any atom is 0.172 e. The number of nitrogens with zero attached hydrogens (tertiary/aromatic N) is 2. The highest BCUT2D eigenvalue weighted by Gasteiger charge is 2.28. The van der Waals surface area contributed by atoms with Crippen molar-refractivity contribution in [2.75, 3.05) is 9.80 Å². The summed E-state index contributed by atoms with van der Waals surface area (Å²) in [4.78, 5) is 9.76. The van der Waals surface area contributed by atoms with Gasteiger partial charge in [-0.3, -0.25) is 0 Å². The average Bonchev–Trinajstić information content (AvgIpc) is 3.80. The van der Waals surface area contributed by atoms with E-state index < -0.39 is 0 Å². The quantitative estimate of drug-likeness (QED) is 0.157. The van der Waals surface area contributed by atoms with E-state index in [1.54, 1.807) is 0 Å². The molecule has 11 aromatic rings. The summed E-state index contributed by atoms with van der Waals surface area (Å²) in [6.45, 7) is 0. The monoisotopic (exact) mass is 944 g/mol. The van der Waals surface area contributed by atoms with Crippen molar-refractivity contribution in [1.82, 2.24) is 0 Å². The lowest BCUT2D eigenvalue weighted by molar-refractivity contribution is 0.359. The van der Waals surface area contributed by atoms with Gasteiger partial charge in [0, 0.05) is 53.7 Å². The van der Waals surface area contributed by atoms with Crippen LogP contribution in [0.2, 0.25) is 0 Å². The van der Waals surface area contributed by atoms with Crippen LogP contribution in [-0.4, -0.2) is 0 Å². The first kappa shape index (κ1) is 40.0. The Morgan fingerprint density at radius 2 is 0.870 bits per heavy atom.